The van der Waals surface area contributed by atoms with Gasteiger partial charge in [-0.05, 0) is 48.2 Å². The fourth-order valence-corrected chi connectivity index (χ4v) is 3.56. The van der Waals surface area contributed by atoms with Crippen molar-refractivity contribution in [2.75, 3.05) is 0 Å². The van der Waals surface area contributed by atoms with Crippen molar-refractivity contribution in [1.29, 1.82) is 0 Å². The van der Waals surface area contributed by atoms with E-state index in [1.807, 2.05) is 55.5 Å². The molecule has 2 aromatic carbocycles. The second-order valence-corrected chi connectivity index (χ2v) is 7.16. The Hall–Kier alpha value is -3.47. The van der Waals surface area contributed by atoms with Crippen LogP contribution in [0.5, 0.6) is 0 Å². The third-order valence-electron chi connectivity index (χ3n) is 5.05. The molecule has 1 heterocycles. The maximum absolute atomic E-state index is 11.0. The van der Waals surface area contributed by atoms with Gasteiger partial charge in [0.25, 0.3) is 0 Å². The van der Waals surface area contributed by atoms with Crippen LogP contribution in [0.1, 0.15) is 45.8 Å². The number of aliphatic carboxylic acids is 1. The van der Waals surface area contributed by atoms with Crippen LogP contribution in [-0.2, 0) is 11.2 Å². The normalized spacial score (nSPS) is 12.6. The summed E-state index contributed by atoms with van der Waals surface area (Å²) in [7, 11) is 0. The van der Waals surface area contributed by atoms with E-state index >= 15 is 0 Å². The Balaban J connectivity index is 2.00. The topological polar surface area (TPSA) is 82.8 Å². The number of nitrogens with zero attached hydrogens (tertiary/aromatic N) is 2. The van der Waals surface area contributed by atoms with E-state index in [1.165, 1.54) is 0 Å². The summed E-state index contributed by atoms with van der Waals surface area (Å²) in [6, 6.07) is 19.5. The van der Waals surface area contributed by atoms with Crippen molar-refractivity contribution < 1.29 is 15.1 Å². The van der Waals surface area contributed by atoms with E-state index in [-0.39, 0.29) is 12.3 Å². The lowest BCUT2D eigenvalue weighted by molar-refractivity contribution is -0.136. The van der Waals surface area contributed by atoms with Crippen LogP contribution in [-0.4, -0.2) is 27.0 Å². The average molecular weight is 388 g/mol. The molecular weight excluding hydrogens is 364 g/mol. The lowest BCUT2D eigenvalue weighted by atomic mass is 9.83. The van der Waals surface area contributed by atoms with Gasteiger partial charge in [-0.15, -0.1) is 0 Å². The van der Waals surface area contributed by atoms with Gasteiger partial charge in [0.2, 0.25) is 0 Å². The van der Waals surface area contributed by atoms with Gasteiger partial charge in [-0.2, -0.15) is 0 Å². The zero-order valence-corrected chi connectivity index (χ0v) is 16.5. The number of oxime groups is 1. The van der Waals surface area contributed by atoms with Crippen LogP contribution in [0.4, 0.5) is 0 Å². The van der Waals surface area contributed by atoms with Gasteiger partial charge in [-0.25, -0.2) is 0 Å². The van der Waals surface area contributed by atoms with E-state index < -0.39 is 5.97 Å². The molecule has 148 valence electrons. The van der Waals surface area contributed by atoms with Crippen molar-refractivity contribution in [1.82, 2.24) is 4.98 Å². The molecule has 0 aliphatic rings. The van der Waals surface area contributed by atoms with E-state index in [0.29, 0.717) is 12.1 Å². The quantitative estimate of drug-likeness (QED) is 0.348. The molecular formula is C24H24N2O3. The lowest BCUT2D eigenvalue weighted by Gasteiger charge is -2.21. The van der Waals surface area contributed by atoms with Crippen molar-refractivity contribution in [3.8, 4) is 0 Å². The summed E-state index contributed by atoms with van der Waals surface area (Å²) in [6.45, 7) is 3.96. The van der Waals surface area contributed by atoms with Crippen LogP contribution in [0, 0.1) is 13.8 Å². The molecule has 0 aliphatic carbocycles. The predicted molar refractivity (Wildman–Crippen MR) is 113 cm³/mol. The van der Waals surface area contributed by atoms with Crippen molar-refractivity contribution in [3.05, 3.63) is 100 Å². The maximum atomic E-state index is 11.0. The summed E-state index contributed by atoms with van der Waals surface area (Å²) in [5, 5.41) is 22.3. The molecule has 0 bridgehead atoms. The minimum atomic E-state index is -0.851. The summed E-state index contributed by atoms with van der Waals surface area (Å²) in [5.41, 5.74) is 6.36. The molecule has 29 heavy (non-hydrogen) atoms. The molecule has 5 heteroatoms. The largest absolute Gasteiger partial charge is 0.481 e. The number of carboxylic acids is 1. The fraction of sp³-hybridized carbons (Fsp3) is 0.208. The molecule has 0 unspecified atom stereocenters. The highest BCUT2D eigenvalue weighted by Crippen LogP contribution is 2.32. The first-order chi connectivity index (χ1) is 14.0. The molecule has 3 aromatic rings. The number of hydrogen-bond acceptors (Lipinski definition) is 4. The fourth-order valence-electron chi connectivity index (χ4n) is 3.56. The number of hydrogen-bond donors (Lipinski definition) is 2. The zero-order chi connectivity index (χ0) is 20.8. The number of carbonyl (C=O) groups is 1. The van der Waals surface area contributed by atoms with Gasteiger partial charge >= 0.3 is 5.97 Å². The molecule has 0 saturated carbocycles. The number of carboxylic acid groups (broad SMARTS) is 1. The number of rotatable bonds is 7. The molecule has 0 spiro atoms. The van der Waals surface area contributed by atoms with Crippen LogP contribution >= 0.6 is 0 Å². The van der Waals surface area contributed by atoms with Gasteiger partial charge in [-0.1, -0.05) is 53.7 Å². The molecule has 0 radical (unpaired) electrons. The molecule has 0 saturated heterocycles. The number of pyridine rings is 1. The van der Waals surface area contributed by atoms with Gasteiger partial charge in [0.1, 0.15) is 0 Å². The molecule has 1 atom stereocenters. The van der Waals surface area contributed by atoms with Crippen molar-refractivity contribution in [2.45, 2.75) is 32.6 Å². The summed E-state index contributed by atoms with van der Waals surface area (Å²) >= 11 is 0. The number of aromatic nitrogens is 1. The Morgan fingerprint density at radius 2 is 1.79 bits per heavy atom. The second-order valence-electron chi connectivity index (χ2n) is 7.16. The monoisotopic (exact) mass is 388 g/mol. The first-order valence-corrected chi connectivity index (χ1v) is 9.48. The molecule has 0 aliphatic heterocycles. The Labute approximate surface area is 170 Å². The van der Waals surface area contributed by atoms with Crippen LogP contribution in [0.3, 0.4) is 0 Å². The molecule has 3 rings (SSSR count). The SMILES string of the molecule is Cc1cc(/C(C[C@@H](c2ccc(CC(=O)O)cc2)c2ccccc2C)=N\O)ccn1. The summed E-state index contributed by atoms with van der Waals surface area (Å²) in [4.78, 5) is 15.2. The molecule has 0 fully saturated rings. The first-order valence-electron chi connectivity index (χ1n) is 9.48. The van der Waals surface area contributed by atoms with E-state index in [9.17, 15) is 10.0 Å². The zero-order valence-electron chi connectivity index (χ0n) is 16.5. The van der Waals surface area contributed by atoms with Gasteiger partial charge in [0.15, 0.2) is 0 Å². The standard InChI is InChI=1S/C24H24N2O3/c1-16-5-3-4-6-21(16)22(19-9-7-18(8-10-19)14-24(27)28)15-23(26-29)20-11-12-25-17(2)13-20/h3-13,22,29H,14-15H2,1-2H3,(H,27,28)/b26-23-/t22-/m0/s1. The van der Waals surface area contributed by atoms with Gasteiger partial charge in [0, 0.05) is 29.8 Å². The van der Waals surface area contributed by atoms with Gasteiger partial charge in [0.05, 0.1) is 12.1 Å². The summed E-state index contributed by atoms with van der Waals surface area (Å²) in [5.74, 6) is -0.884. The van der Waals surface area contributed by atoms with E-state index in [1.54, 1.807) is 6.20 Å². The highest BCUT2D eigenvalue weighted by Gasteiger charge is 2.20. The number of benzene rings is 2. The molecule has 2 N–H and O–H groups in total. The van der Waals surface area contributed by atoms with Crippen LogP contribution < -0.4 is 0 Å². The Morgan fingerprint density at radius 3 is 2.41 bits per heavy atom. The highest BCUT2D eigenvalue weighted by molar-refractivity contribution is 6.01. The van der Waals surface area contributed by atoms with E-state index in [0.717, 1.165) is 33.5 Å². The van der Waals surface area contributed by atoms with Crippen LogP contribution in [0.15, 0.2) is 72.0 Å². The third-order valence-corrected chi connectivity index (χ3v) is 5.05. The minimum Gasteiger partial charge on any atom is -0.481 e. The third kappa shape index (κ3) is 5.08. The van der Waals surface area contributed by atoms with Crippen LogP contribution in [0.25, 0.3) is 0 Å². The van der Waals surface area contributed by atoms with E-state index in [4.69, 9.17) is 5.11 Å². The number of aryl methyl sites for hydroxylation is 2. The van der Waals surface area contributed by atoms with Gasteiger partial charge in [-0.3, -0.25) is 9.78 Å². The smallest absolute Gasteiger partial charge is 0.307 e. The Morgan fingerprint density at radius 1 is 1.07 bits per heavy atom. The molecule has 0 amide bonds. The van der Waals surface area contributed by atoms with Gasteiger partial charge < -0.3 is 10.3 Å². The predicted octanol–water partition coefficient (Wildman–Crippen LogP) is 4.73. The Kier molecular flexibility index (Phi) is 6.39. The summed E-state index contributed by atoms with van der Waals surface area (Å²) in [6.07, 6.45) is 2.21. The molecule has 1 aromatic heterocycles. The van der Waals surface area contributed by atoms with Crippen molar-refractivity contribution in [3.63, 3.8) is 0 Å². The first kappa shape index (κ1) is 20.3. The maximum Gasteiger partial charge on any atom is 0.307 e. The Bertz CT molecular complexity index is 1030. The highest BCUT2D eigenvalue weighted by atomic mass is 16.4. The summed E-state index contributed by atoms with van der Waals surface area (Å²) < 4.78 is 0. The average Bonchev–Trinajstić information content (AvgIpc) is 2.70. The van der Waals surface area contributed by atoms with Crippen LogP contribution in [0.2, 0.25) is 0 Å². The lowest BCUT2D eigenvalue weighted by Crippen LogP contribution is -2.12. The molecule has 5 nitrogen and oxygen atoms in total. The minimum absolute atomic E-state index is 0.00501. The van der Waals surface area contributed by atoms with Crippen molar-refractivity contribution >= 4 is 11.7 Å². The van der Waals surface area contributed by atoms with E-state index in [2.05, 4.69) is 29.2 Å². The second kappa shape index (κ2) is 9.15. The van der Waals surface area contributed by atoms with Crippen molar-refractivity contribution in [2.24, 2.45) is 5.16 Å².